The first-order valence-corrected chi connectivity index (χ1v) is 6.97. The molecule has 0 aliphatic heterocycles. The summed E-state index contributed by atoms with van der Waals surface area (Å²) in [4.78, 5) is 2.13. The van der Waals surface area contributed by atoms with Gasteiger partial charge in [-0.05, 0) is 33.6 Å². The first-order valence-electron chi connectivity index (χ1n) is 6.97. The quantitative estimate of drug-likeness (QED) is 0.407. The normalized spacial score (nSPS) is 15.2. The second kappa shape index (κ2) is 11.0. The number of rotatable bonds is 11. The van der Waals surface area contributed by atoms with Crippen LogP contribution in [0.15, 0.2) is 0 Å². The van der Waals surface area contributed by atoms with Crippen molar-refractivity contribution in [3.63, 3.8) is 0 Å². The maximum absolute atomic E-state index is 5.78. The van der Waals surface area contributed by atoms with Crippen molar-refractivity contribution in [3.8, 4) is 0 Å². The summed E-state index contributed by atoms with van der Waals surface area (Å²) in [6, 6.07) is 0. The zero-order chi connectivity index (χ0) is 13.1. The molecule has 0 aromatic rings. The van der Waals surface area contributed by atoms with E-state index in [9.17, 15) is 0 Å². The maximum atomic E-state index is 5.78. The van der Waals surface area contributed by atoms with Crippen LogP contribution < -0.4 is 0 Å². The van der Waals surface area contributed by atoms with E-state index in [4.69, 9.17) is 9.47 Å². The van der Waals surface area contributed by atoms with Crippen molar-refractivity contribution in [2.75, 3.05) is 13.2 Å². The van der Waals surface area contributed by atoms with Crippen LogP contribution in [0.4, 0.5) is 0 Å². The number of hydrogen-bond donors (Lipinski definition) is 0. The Morgan fingerprint density at radius 1 is 0.941 bits per heavy atom. The molecule has 3 nitrogen and oxygen atoms in total. The third-order valence-electron chi connectivity index (χ3n) is 2.85. The van der Waals surface area contributed by atoms with E-state index in [1.54, 1.807) is 0 Å². The fourth-order valence-electron chi connectivity index (χ4n) is 1.68. The van der Waals surface area contributed by atoms with Gasteiger partial charge in [0, 0.05) is 19.8 Å². The molecule has 0 N–H and O–H groups in total. The average Bonchev–Trinajstić information content (AvgIpc) is 2.30. The molecule has 0 saturated heterocycles. The van der Waals surface area contributed by atoms with Crippen molar-refractivity contribution in [3.05, 3.63) is 6.54 Å². The first-order chi connectivity index (χ1) is 8.17. The molecule has 0 aromatic carbocycles. The lowest BCUT2D eigenvalue weighted by atomic mass is 10.3. The van der Waals surface area contributed by atoms with Crippen LogP contribution in [-0.4, -0.2) is 30.6 Å². The minimum absolute atomic E-state index is 0.0863. The molecule has 0 aliphatic carbocycles. The third-order valence-corrected chi connectivity index (χ3v) is 2.85. The molecule has 0 aromatic heterocycles. The lowest BCUT2D eigenvalue weighted by Crippen LogP contribution is -2.41. The second-order valence-corrected chi connectivity index (χ2v) is 4.35. The molecule has 0 aliphatic rings. The van der Waals surface area contributed by atoms with Gasteiger partial charge in [-0.1, -0.05) is 26.7 Å². The van der Waals surface area contributed by atoms with Gasteiger partial charge < -0.3 is 9.47 Å². The van der Waals surface area contributed by atoms with E-state index in [1.165, 1.54) is 12.8 Å². The monoisotopic (exact) mass is 244 g/mol. The number of unbranched alkanes of at least 4 members (excludes halogenated alkanes) is 2. The van der Waals surface area contributed by atoms with Gasteiger partial charge >= 0.3 is 0 Å². The van der Waals surface area contributed by atoms with Gasteiger partial charge in [0.05, 0.1) is 0 Å². The molecule has 0 fully saturated rings. The molecule has 2 unspecified atom stereocenters. The zero-order valence-corrected chi connectivity index (χ0v) is 12.2. The van der Waals surface area contributed by atoms with E-state index < -0.39 is 0 Å². The van der Waals surface area contributed by atoms with Crippen LogP contribution in [0.2, 0.25) is 0 Å². The van der Waals surface area contributed by atoms with Gasteiger partial charge in [0.15, 0.2) is 0 Å². The number of hydrogen-bond acceptors (Lipinski definition) is 3. The molecule has 0 heterocycles. The fraction of sp³-hybridized carbons (Fsp3) is 0.929. The Bertz CT molecular complexity index is 148. The average molecular weight is 244 g/mol. The van der Waals surface area contributed by atoms with E-state index in [0.717, 1.165) is 26.1 Å². The highest BCUT2D eigenvalue weighted by Gasteiger charge is 2.19. The molecular weight excluding hydrogens is 214 g/mol. The Morgan fingerprint density at radius 3 is 1.65 bits per heavy atom. The Hall–Kier alpha value is -0.120. The Kier molecular flexibility index (Phi) is 10.9. The molecule has 0 amide bonds. The second-order valence-electron chi connectivity index (χ2n) is 4.35. The van der Waals surface area contributed by atoms with E-state index in [-0.39, 0.29) is 12.5 Å². The summed E-state index contributed by atoms with van der Waals surface area (Å²) < 4.78 is 11.6. The van der Waals surface area contributed by atoms with Crippen molar-refractivity contribution in [2.45, 2.75) is 72.8 Å². The van der Waals surface area contributed by atoms with E-state index in [0.29, 0.717) is 0 Å². The molecular formula is C14H30NO2. The number of nitrogens with zero attached hydrogens (tertiary/aromatic N) is 1. The summed E-state index contributed by atoms with van der Waals surface area (Å²) in [6.07, 6.45) is 4.75. The van der Waals surface area contributed by atoms with Crippen LogP contribution in [0.1, 0.15) is 60.3 Å². The van der Waals surface area contributed by atoms with Crippen LogP contribution in [-0.2, 0) is 9.47 Å². The molecule has 0 saturated carbocycles. The minimum Gasteiger partial charge on any atom is -0.363 e. The predicted molar refractivity (Wildman–Crippen MR) is 72.5 cm³/mol. The Morgan fingerprint density at radius 2 is 1.35 bits per heavy atom. The minimum atomic E-state index is 0.0863. The summed E-state index contributed by atoms with van der Waals surface area (Å²) in [5.74, 6) is 0. The van der Waals surface area contributed by atoms with Gasteiger partial charge in [-0.15, -0.1) is 0 Å². The molecule has 0 rings (SSSR count). The molecule has 2 atom stereocenters. The molecule has 103 valence electrons. The molecule has 17 heavy (non-hydrogen) atoms. The SMILES string of the molecule is C[CH]N(C(C)OCCCC)C(C)OCCCC. The highest BCUT2D eigenvalue weighted by Crippen LogP contribution is 2.11. The largest absolute Gasteiger partial charge is 0.363 e. The zero-order valence-electron chi connectivity index (χ0n) is 12.2. The predicted octanol–water partition coefficient (Wildman–Crippen LogP) is 3.80. The van der Waals surface area contributed by atoms with Gasteiger partial charge in [0.25, 0.3) is 0 Å². The van der Waals surface area contributed by atoms with Crippen molar-refractivity contribution < 1.29 is 9.47 Å². The van der Waals surface area contributed by atoms with Gasteiger partial charge in [0.1, 0.15) is 12.5 Å². The molecule has 0 spiro atoms. The van der Waals surface area contributed by atoms with Crippen LogP contribution >= 0.6 is 0 Å². The van der Waals surface area contributed by atoms with Crippen LogP contribution in [0.5, 0.6) is 0 Å². The van der Waals surface area contributed by atoms with Gasteiger partial charge in [-0.3, -0.25) is 0 Å². The maximum Gasteiger partial charge on any atom is 0.110 e. The topological polar surface area (TPSA) is 21.7 Å². The van der Waals surface area contributed by atoms with E-state index in [2.05, 4.69) is 32.6 Å². The number of ether oxygens (including phenoxy) is 2. The summed E-state index contributed by atoms with van der Waals surface area (Å²) in [5.41, 5.74) is 0. The molecule has 1 radical (unpaired) electrons. The van der Waals surface area contributed by atoms with Crippen LogP contribution in [0, 0.1) is 6.54 Å². The Balaban J connectivity index is 3.92. The summed E-state index contributed by atoms with van der Waals surface area (Å²) in [6.45, 7) is 14.2. The van der Waals surface area contributed by atoms with E-state index in [1.807, 2.05) is 13.5 Å². The standard InChI is InChI=1S/C14H30NO2/c1-6-9-11-16-13(4)15(8-3)14(5)17-12-10-7-2/h8,13-14H,6-7,9-12H2,1-5H3. The van der Waals surface area contributed by atoms with Crippen LogP contribution in [0.25, 0.3) is 0 Å². The lowest BCUT2D eigenvalue weighted by molar-refractivity contribution is -0.126. The van der Waals surface area contributed by atoms with Gasteiger partial charge in [-0.25, -0.2) is 4.90 Å². The summed E-state index contributed by atoms with van der Waals surface area (Å²) in [7, 11) is 0. The van der Waals surface area contributed by atoms with Crippen molar-refractivity contribution in [1.29, 1.82) is 0 Å². The summed E-state index contributed by atoms with van der Waals surface area (Å²) >= 11 is 0. The van der Waals surface area contributed by atoms with E-state index >= 15 is 0 Å². The van der Waals surface area contributed by atoms with Crippen molar-refractivity contribution in [2.24, 2.45) is 0 Å². The van der Waals surface area contributed by atoms with Gasteiger partial charge in [-0.2, -0.15) is 0 Å². The van der Waals surface area contributed by atoms with Crippen molar-refractivity contribution >= 4 is 0 Å². The highest BCUT2D eigenvalue weighted by atomic mass is 16.5. The lowest BCUT2D eigenvalue weighted by Gasteiger charge is -2.32. The van der Waals surface area contributed by atoms with Crippen LogP contribution in [0.3, 0.4) is 0 Å². The smallest absolute Gasteiger partial charge is 0.110 e. The third kappa shape index (κ3) is 7.74. The Labute approximate surface area is 107 Å². The molecule has 3 heteroatoms. The highest BCUT2D eigenvalue weighted by molar-refractivity contribution is 4.67. The van der Waals surface area contributed by atoms with Crippen molar-refractivity contribution in [1.82, 2.24) is 4.90 Å². The van der Waals surface area contributed by atoms with Gasteiger partial charge in [0.2, 0.25) is 0 Å². The first kappa shape index (κ1) is 16.9. The fourth-order valence-corrected chi connectivity index (χ4v) is 1.68. The summed E-state index contributed by atoms with van der Waals surface area (Å²) in [5, 5.41) is 0. The molecule has 0 bridgehead atoms.